The standard InChI is InChI=1S/C22H25BrFN3O/c23-21-7-6-18(24)13-17(21)12-16-8-10-26(11-9-16)14-19-15-27(22(28)25-19)20-4-2-1-3-5-20/h1-7,13,16,19H,8-12,14-15H2,(H,25,28). The SMILES string of the molecule is O=C1NC(CN2CCC(Cc3cc(F)ccc3Br)CC2)CN1c1ccccc1. The molecule has 2 saturated heterocycles. The molecule has 0 saturated carbocycles. The fourth-order valence-corrected chi connectivity index (χ4v) is 4.64. The topological polar surface area (TPSA) is 35.6 Å². The van der Waals surface area contributed by atoms with E-state index in [0.29, 0.717) is 12.5 Å². The lowest BCUT2D eigenvalue weighted by Crippen LogP contribution is -2.43. The number of nitrogens with one attached hydrogen (secondary N) is 1. The van der Waals surface area contributed by atoms with Gasteiger partial charge in [-0.1, -0.05) is 34.1 Å². The van der Waals surface area contributed by atoms with Crippen LogP contribution in [0, 0.1) is 11.7 Å². The number of benzene rings is 2. The number of urea groups is 1. The molecule has 148 valence electrons. The molecule has 0 spiro atoms. The van der Waals surface area contributed by atoms with E-state index in [-0.39, 0.29) is 17.9 Å². The summed E-state index contributed by atoms with van der Waals surface area (Å²) < 4.78 is 14.5. The van der Waals surface area contributed by atoms with Crippen molar-refractivity contribution in [2.24, 2.45) is 5.92 Å². The number of carbonyl (C=O) groups is 1. The Bertz CT molecular complexity index is 824. The summed E-state index contributed by atoms with van der Waals surface area (Å²) in [6, 6.07) is 14.9. The fraction of sp³-hybridized carbons (Fsp3) is 0.409. The molecule has 2 aliphatic heterocycles. The minimum absolute atomic E-state index is 0.0120. The molecule has 1 N–H and O–H groups in total. The van der Waals surface area contributed by atoms with Crippen molar-refractivity contribution in [1.29, 1.82) is 0 Å². The number of para-hydroxylation sites is 1. The highest BCUT2D eigenvalue weighted by Gasteiger charge is 2.31. The maximum Gasteiger partial charge on any atom is 0.322 e. The third-order valence-electron chi connectivity index (χ3n) is 5.75. The number of rotatable bonds is 5. The van der Waals surface area contributed by atoms with Crippen molar-refractivity contribution in [3.05, 3.63) is 64.4 Å². The van der Waals surface area contributed by atoms with Crippen molar-refractivity contribution in [2.45, 2.75) is 25.3 Å². The molecule has 0 radical (unpaired) electrons. The Morgan fingerprint density at radius 2 is 1.86 bits per heavy atom. The van der Waals surface area contributed by atoms with Crippen molar-refractivity contribution in [1.82, 2.24) is 10.2 Å². The van der Waals surface area contributed by atoms with Crippen LogP contribution in [-0.4, -0.2) is 43.2 Å². The van der Waals surface area contributed by atoms with E-state index in [1.807, 2.05) is 35.2 Å². The van der Waals surface area contributed by atoms with Crippen molar-refractivity contribution in [3.8, 4) is 0 Å². The van der Waals surface area contributed by atoms with E-state index in [0.717, 1.165) is 54.6 Å². The Hall–Kier alpha value is -1.92. The molecule has 0 bridgehead atoms. The maximum absolute atomic E-state index is 13.5. The monoisotopic (exact) mass is 445 g/mol. The lowest BCUT2D eigenvalue weighted by molar-refractivity contribution is 0.173. The third-order valence-corrected chi connectivity index (χ3v) is 6.52. The molecule has 0 aliphatic carbocycles. The second-order valence-corrected chi connectivity index (χ2v) is 8.63. The van der Waals surface area contributed by atoms with Crippen LogP contribution in [0.5, 0.6) is 0 Å². The molecule has 1 atom stereocenters. The first-order chi connectivity index (χ1) is 13.6. The van der Waals surface area contributed by atoms with Crippen LogP contribution in [0.2, 0.25) is 0 Å². The predicted molar refractivity (Wildman–Crippen MR) is 113 cm³/mol. The fourth-order valence-electron chi connectivity index (χ4n) is 4.23. The highest BCUT2D eigenvalue weighted by Crippen LogP contribution is 2.27. The lowest BCUT2D eigenvalue weighted by atomic mass is 9.90. The summed E-state index contributed by atoms with van der Waals surface area (Å²) in [7, 11) is 0. The first kappa shape index (κ1) is 19.4. The van der Waals surface area contributed by atoms with E-state index in [9.17, 15) is 9.18 Å². The number of nitrogens with zero attached hydrogens (tertiary/aromatic N) is 2. The van der Waals surface area contributed by atoms with Crippen LogP contribution in [0.4, 0.5) is 14.9 Å². The van der Waals surface area contributed by atoms with E-state index in [1.54, 1.807) is 12.1 Å². The maximum atomic E-state index is 13.5. The predicted octanol–water partition coefficient (Wildman–Crippen LogP) is 4.44. The number of hydrogen-bond acceptors (Lipinski definition) is 2. The minimum Gasteiger partial charge on any atom is -0.332 e. The molecule has 2 amide bonds. The lowest BCUT2D eigenvalue weighted by Gasteiger charge is -2.33. The van der Waals surface area contributed by atoms with Crippen LogP contribution in [-0.2, 0) is 6.42 Å². The van der Waals surface area contributed by atoms with Gasteiger partial charge in [0.15, 0.2) is 0 Å². The van der Waals surface area contributed by atoms with Crippen LogP contribution >= 0.6 is 15.9 Å². The van der Waals surface area contributed by atoms with Gasteiger partial charge in [0.25, 0.3) is 0 Å². The summed E-state index contributed by atoms with van der Waals surface area (Å²) >= 11 is 3.54. The zero-order chi connectivity index (χ0) is 19.5. The van der Waals surface area contributed by atoms with E-state index >= 15 is 0 Å². The highest BCUT2D eigenvalue weighted by molar-refractivity contribution is 9.10. The zero-order valence-corrected chi connectivity index (χ0v) is 17.4. The van der Waals surface area contributed by atoms with Gasteiger partial charge in [0.05, 0.1) is 6.04 Å². The summed E-state index contributed by atoms with van der Waals surface area (Å²) in [5.41, 5.74) is 2.00. The summed E-state index contributed by atoms with van der Waals surface area (Å²) in [4.78, 5) is 16.6. The van der Waals surface area contributed by atoms with Crippen molar-refractivity contribution in [2.75, 3.05) is 31.1 Å². The van der Waals surface area contributed by atoms with Crippen molar-refractivity contribution < 1.29 is 9.18 Å². The minimum atomic E-state index is -0.171. The van der Waals surface area contributed by atoms with Gasteiger partial charge in [-0.25, -0.2) is 9.18 Å². The molecule has 0 aromatic heterocycles. The van der Waals surface area contributed by atoms with E-state index in [4.69, 9.17) is 0 Å². The van der Waals surface area contributed by atoms with Gasteiger partial charge in [0, 0.05) is 23.2 Å². The Morgan fingerprint density at radius 1 is 1.11 bits per heavy atom. The number of hydrogen-bond donors (Lipinski definition) is 1. The molecule has 4 rings (SSSR count). The van der Waals surface area contributed by atoms with Gasteiger partial charge in [-0.05, 0) is 74.2 Å². The molecule has 2 aliphatic rings. The zero-order valence-electron chi connectivity index (χ0n) is 15.8. The van der Waals surface area contributed by atoms with Gasteiger partial charge in [-0.3, -0.25) is 4.90 Å². The van der Waals surface area contributed by atoms with Gasteiger partial charge < -0.3 is 10.2 Å². The van der Waals surface area contributed by atoms with E-state index in [2.05, 4.69) is 26.1 Å². The molecular weight excluding hydrogens is 421 g/mol. The molecule has 4 nitrogen and oxygen atoms in total. The molecule has 2 heterocycles. The molecule has 1 unspecified atom stereocenters. The second-order valence-electron chi connectivity index (χ2n) is 7.78. The summed E-state index contributed by atoms with van der Waals surface area (Å²) in [6.07, 6.45) is 3.12. The van der Waals surface area contributed by atoms with E-state index in [1.165, 1.54) is 6.07 Å². The number of amides is 2. The van der Waals surface area contributed by atoms with Crippen molar-refractivity contribution >= 4 is 27.6 Å². The average molecular weight is 446 g/mol. The van der Waals surface area contributed by atoms with Gasteiger partial charge in [0.1, 0.15) is 5.82 Å². The van der Waals surface area contributed by atoms with Crippen LogP contribution < -0.4 is 10.2 Å². The Balaban J connectivity index is 1.27. The normalized spacial score (nSPS) is 21.1. The van der Waals surface area contributed by atoms with Gasteiger partial charge in [-0.15, -0.1) is 0 Å². The Morgan fingerprint density at radius 3 is 2.61 bits per heavy atom. The number of piperidine rings is 1. The Labute approximate surface area is 173 Å². The van der Waals surface area contributed by atoms with E-state index < -0.39 is 0 Å². The van der Waals surface area contributed by atoms with Gasteiger partial charge in [-0.2, -0.15) is 0 Å². The molecular formula is C22H25BrFN3O. The third kappa shape index (κ3) is 4.55. The quantitative estimate of drug-likeness (QED) is 0.737. The summed E-state index contributed by atoms with van der Waals surface area (Å²) in [5.74, 6) is 0.406. The summed E-state index contributed by atoms with van der Waals surface area (Å²) in [5, 5.41) is 3.11. The largest absolute Gasteiger partial charge is 0.332 e. The van der Waals surface area contributed by atoms with Crippen LogP contribution in [0.25, 0.3) is 0 Å². The second kappa shape index (κ2) is 8.62. The van der Waals surface area contributed by atoms with Gasteiger partial charge in [0.2, 0.25) is 0 Å². The molecule has 6 heteroatoms. The van der Waals surface area contributed by atoms with Crippen LogP contribution in [0.15, 0.2) is 53.0 Å². The first-order valence-electron chi connectivity index (χ1n) is 9.88. The van der Waals surface area contributed by atoms with Crippen molar-refractivity contribution in [3.63, 3.8) is 0 Å². The molecule has 2 aromatic carbocycles. The summed E-state index contributed by atoms with van der Waals surface area (Å²) in [6.45, 7) is 3.63. The highest BCUT2D eigenvalue weighted by atomic mass is 79.9. The average Bonchev–Trinajstić information content (AvgIpc) is 3.07. The number of carbonyl (C=O) groups excluding carboxylic acids is 1. The smallest absolute Gasteiger partial charge is 0.322 e. The molecule has 28 heavy (non-hydrogen) atoms. The Kier molecular flexibility index (Phi) is 5.97. The molecule has 2 fully saturated rings. The first-order valence-corrected chi connectivity index (χ1v) is 10.7. The van der Waals surface area contributed by atoms with Gasteiger partial charge >= 0.3 is 6.03 Å². The number of anilines is 1. The number of likely N-dealkylation sites (tertiary alicyclic amines) is 1. The van der Waals surface area contributed by atoms with Crippen LogP contribution in [0.3, 0.4) is 0 Å². The van der Waals surface area contributed by atoms with Crippen LogP contribution in [0.1, 0.15) is 18.4 Å². The molecule has 2 aromatic rings. The number of halogens is 2.